The van der Waals surface area contributed by atoms with Crippen LogP contribution in [0.25, 0.3) is 5.69 Å². The summed E-state index contributed by atoms with van der Waals surface area (Å²) in [6, 6.07) is 15.0. The average Bonchev–Trinajstić information content (AvgIpc) is 3.40. The molecule has 4 aromatic rings. The first kappa shape index (κ1) is 22.2. The lowest BCUT2D eigenvalue weighted by molar-refractivity contribution is 0.291. The molecule has 10 heteroatoms. The summed E-state index contributed by atoms with van der Waals surface area (Å²) in [5.74, 6) is 3.29. The van der Waals surface area contributed by atoms with Crippen LogP contribution in [0.3, 0.4) is 0 Å². The van der Waals surface area contributed by atoms with Gasteiger partial charge in [-0.3, -0.25) is 4.57 Å². The molecule has 0 amide bonds. The van der Waals surface area contributed by atoms with Crippen LogP contribution in [-0.2, 0) is 6.61 Å². The predicted molar refractivity (Wildman–Crippen MR) is 122 cm³/mol. The third-order valence-corrected chi connectivity index (χ3v) is 5.74. The van der Waals surface area contributed by atoms with E-state index in [9.17, 15) is 0 Å². The van der Waals surface area contributed by atoms with E-state index in [1.807, 2.05) is 66.9 Å². The summed E-state index contributed by atoms with van der Waals surface area (Å²) in [5, 5.41) is 13.9. The Hall–Kier alpha value is -3.04. The van der Waals surface area contributed by atoms with Crippen molar-refractivity contribution in [3.8, 4) is 17.2 Å². The van der Waals surface area contributed by atoms with E-state index < -0.39 is 0 Å². The summed E-state index contributed by atoms with van der Waals surface area (Å²) in [6.45, 7) is 6.57. The number of benzene rings is 2. The fourth-order valence-electron chi connectivity index (χ4n) is 2.95. The molecule has 1 unspecified atom stereocenters. The van der Waals surface area contributed by atoms with E-state index in [0.29, 0.717) is 40.1 Å². The topological polar surface area (TPSA) is 88.1 Å². The summed E-state index contributed by atoms with van der Waals surface area (Å²) in [6.07, 6.45) is 0. The van der Waals surface area contributed by atoms with Crippen molar-refractivity contribution in [2.45, 2.75) is 37.8 Å². The molecule has 0 aliphatic carbocycles. The van der Waals surface area contributed by atoms with Crippen molar-refractivity contribution in [3.63, 3.8) is 0 Å². The molecule has 2 aromatic heterocycles. The quantitative estimate of drug-likeness (QED) is 0.298. The van der Waals surface area contributed by atoms with Gasteiger partial charge in [0.15, 0.2) is 16.8 Å². The number of aryl methyl sites for hydroxylation is 1. The lowest BCUT2D eigenvalue weighted by Gasteiger charge is -2.13. The van der Waals surface area contributed by atoms with Gasteiger partial charge in [0.05, 0.1) is 11.9 Å². The SMILES string of the molecule is CCOc1ccc(OCc2nnc(SC(C)c3nc(C)no3)n2-c2ccc(Cl)cc2)cc1. The minimum absolute atomic E-state index is 0.105. The largest absolute Gasteiger partial charge is 0.494 e. The fourth-order valence-corrected chi connectivity index (χ4v) is 4.00. The summed E-state index contributed by atoms with van der Waals surface area (Å²) < 4.78 is 18.7. The highest BCUT2D eigenvalue weighted by atomic mass is 35.5. The van der Waals surface area contributed by atoms with Gasteiger partial charge < -0.3 is 14.0 Å². The van der Waals surface area contributed by atoms with Crippen molar-refractivity contribution in [2.24, 2.45) is 0 Å². The number of rotatable bonds is 9. The van der Waals surface area contributed by atoms with E-state index in [0.717, 1.165) is 11.4 Å². The minimum atomic E-state index is -0.105. The van der Waals surface area contributed by atoms with Crippen molar-refractivity contribution < 1.29 is 14.0 Å². The minimum Gasteiger partial charge on any atom is -0.494 e. The highest BCUT2D eigenvalue weighted by molar-refractivity contribution is 7.99. The fraction of sp³-hybridized carbons (Fsp3) is 0.273. The third-order valence-electron chi connectivity index (χ3n) is 4.46. The summed E-state index contributed by atoms with van der Waals surface area (Å²) >= 11 is 7.56. The Labute approximate surface area is 194 Å². The third kappa shape index (κ3) is 5.23. The Kier molecular flexibility index (Phi) is 6.96. The van der Waals surface area contributed by atoms with Crippen LogP contribution in [0.4, 0.5) is 0 Å². The molecule has 1 atom stereocenters. The van der Waals surface area contributed by atoms with Crippen LogP contribution in [-0.4, -0.2) is 31.5 Å². The summed E-state index contributed by atoms with van der Waals surface area (Å²) in [4.78, 5) is 4.32. The van der Waals surface area contributed by atoms with Crippen LogP contribution in [0.1, 0.15) is 36.6 Å². The number of thioether (sulfide) groups is 1. The van der Waals surface area contributed by atoms with Gasteiger partial charge in [-0.05, 0) is 69.3 Å². The molecule has 0 radical (unpaired) electrons. The lowest BCUT2D eigenvalue weighted by atomic mass is 10.3. The molecular weight excluding hydrogens is 450 g/mol. The zero-order chi connectivity index (χ0) is 22.5. The van der Waals surface area contributed by atoms with E-state index in [-0.39, 0.29) is 11.9 Å². The highest BCUT2D eigenvalue weighted by Gasteiger charge is 2.21. The number of nitrogens with zero attached hydrogens (tertiary/aromatic N) is 5. The molecule has 2 heterocycles. The predicted octanol–water partition coefficient (Wildman–Crippen LogP) is 5.44. The number of halogens is 1. The van der Waals surface area contributed by atoms with E-state index in [1.165, 1.54) is 11.8 Å². The van der Waals surface area contributed by atoms with Crippen LogP contribution in [0.15, 0.2) is 58.2 Å². The Morgan fingerprint density at radius 1 is 1.03 bits per heavy atom. The van der Waals surface area contributed by atoms with Gasteiger partial charge >= 0.3 is 0 Å². The molecule has 8 nitrogen and oxygen atoms in total. The number of hydrogen-bond acceptors (Lipinski definition) is 8. The van der Waals surface area contributed by atoms with Crippen LogP contribution < -0.4 is 9.47 Å². The van der Waals surface area contributed by atoms with Crippen molar-refractivity contribution in [1.29, 1.82) is 0 Å². The zero-order valence-corrected chi connectivity index (χ0v) is 19.4. The van der Waals surface area contributed by atoms with Gasteiger partial charge in [0.2, 0.25) is 5.89 Å². The maximum Gasteiger partial charge on any atom is 0.239 e. The average molecular weight is 472 g/mol. The van der Waals surface area contributed by atoms with Crippen LogP contribution >= 0.6 is 23.4 Å². The van der Waals surface area contributed by atoms with Crippen molar-refractivity contribution in [3.05, 3.63) is 71.1 Å². The van der Waals surface area contributed by atoms with Gasteiger partial charge in [-0.25, -0.2) is 0 Å². The highest BCUT2D eigenvalue weighted by Crippen LogP contribution is 2.35. The number of ether oxygens (including phenoxy) is 2. The van der Waals surface area contributed by atoms with E-state index in [1.54, 1.807) is 6.92 Å². The normalized spacial score (nSPS) is 12.0. The standard InChI is InChI=1S/C22H22ClN5O3S/c1-4-29-18-9-11-19(12-10-18)30-13-20-25-26-22(28(20)17-7-5-16(23)6-8-17)32-14(2)21-24-15(3)27-31-21/h5-12,14H,4,13H2,1-3H3. The molecule has 0 spiro atoms. The Balaban J connectivity index is 1.58. The molecule has 4 rings (SSSR count). The summed E-state index contributed by atoms with van der Waals surface area (Å²) in [7, 11) is 0. The van der Waals surface area contributed by atoms with Gasteiger partial charge in [0.1, 0.15) is 18.1 Å². The zero-order valence-electron chi connectivity index (χ0n) is 17.9. The second kappa shape index (κ2) is 10.1. The number of hydrogen-bond donors (Lipinski definition) is 0. The molecule has 32 heavy (non-hydrogen) atoms. The van der Waals surface area contributed by atoms with E-state index >= 15 is 0 Å². The van der Waals surface area contributed by atoms with E-state index in [4.69, 9.17) is 25.6 Å². The maximum absolute atomic E-state index is 6.09. The summed E-state index contributed by atoms with van der Waals surface area (Å²) in [5.41, 5.74) is 0.876. The Morgan fingerprint density at radius 2 is 1.72 bits per heavy atom. The first-order valence-corrected chi connectivity index (χ1v) is 11.3. The molecule has 0 bridgehead atoms. The van der Waals surface area contributed by atoms with Gasteiger partial charge in [-0.15, -0.1) is 10.2 Å². The maximum atomic E-state index is 6.09. The monoisotopic (exact) mass is 471 g/mol. The van der Waals surface area contributed by atoms with Crippen LogP contribution in [0.2, 0.25) is 5.02 Å². The second-order valence-corrected chi connectivity index (χ2v) is 8.59. The second-order valence-electron chi connectivity index (χ2n) is 6.84. The molecule has 0 aliphatic heterocycles. The van der Waals surface area contributed by atoms with Crippen molar-refractivity contribution >= 4 is 23.4 Å². The van der Waals surface area contributed by atoms with Crippen molar-refractivity contribution in [1.82, 2.24) is 24.9 Å². The first-order valence-electron chi connectivity index (χ1n) is 10.1. The molecule has 0 fully saturated rings. The smallest absolute Gasteiger partial charge is 0.239 e. The van der Waals surface area contributed by atoms with Crippen molar-refractivity contribution in [2.75, 3.05) is 6.61 Å². The lowest BCUT2D eigenvalue weighted by Crippen LogP contribution is -2.07. The molecule has 0 aliphatic rings. The molecular formula is C22H22ClN5O3S. The van der Waals surface area contributed by atoms with Gasteiger partial charge in [-0.1, -0.05) is 28.5 Å². The van der Waals surface area contributed by atoms with E-state index in [2.05, 4.69) is 20.3 Å². The van der Waals surface area contributed by atoms with Crippen LogP contribution in [0, 0.1) is 6.92 Å². The molecule has 0 N–H and O–H groups in total. The van der Waals surface area contributed by atoms with Crippen LogP contribution in [0.5, 0.6) is 11.5 Å². The number of aromatic nitrogens is 5. The van der Waals surface area contributed by atoms with Gasteiger partial charge in [0, 0.05) is 10.7 Å². The molecule has 0 saturated carbocycles. The molecule has 166 valence electrons. The Morgan fingerprint density at radius 3 is 2.34 bits per heavy atom. The van der Waals surface area contributed by atoms with Gasteiger partial charge in [-0.2, -0.15) is 4.98 Å². The molecule has 0 saturated heterocycles. The van der Waals surface area contributed by atoms with Gasteiger partial charge in [0.25, 0.3) is 0 Å². The Bertz CT molecular complexity index is 1160. The molecule has 2 aromatic carbocycles. The first-order chi connectivity index (χ1) is 15.5.